The molecule has 0 unspecified atom stereocenters. The van der Waals surface area contributed by atoms with Crippen LogP contribution < -0.4 is 0 Å². The van der Waals surface area contributed by atoms with Crippen LogP contribution in [0, 0.1) is 11.8 Å². The first-order chi connectivity index (χ1) is 8.75. The van der Waals surface area contributed by atoms with Gasteiger partial charge in [-0.2, -0.15) is 0 Å². The molecule has 0 amide bonds. The quantitative estimate of drug-likeness (QED) is 0.758. The predicted molar refractivity (Wildman–Crippen MR) is 69.3 cm³/mol. The Morgan fingerprint density at radius 3 is 2.56 bits per heavy atom. The maximum absolute atomic E-state index is 12.2. The first-order valence-electron chi connectivity index (χ1n) is 6.85. The molecule has 2 heteroatoms. The van der Waals surface area contributed by atoms with E-state index < -0.39 is 0 Å². The highest BCUT2D eigenvalue weighted by Gasteiger charge is 2.43. The minimum absolute atomic E-state index is 0.0962. The van der Waals surface area contributed by atoms with E-state index in [-0.39, 0.29) is 11.8 Å². The highest BCUT2D eigenvalue weighted by molar-refractivity contribution is 5.88. The first kappa shape index (κ1) is 11.6. The van der Waals surface area contributed by atoms with Gasteiger partial charge in [-0.25, -0.2) is 0 Å². The summed E-state index contributed by atoms with van der Waals surface area (Å²) in [6.07, 6.45) is 3.90. The maximum atomic E-state index is 12.2. The van der Waals surface area contributed by atoms with Crippen molar-refractivity contribution in [3.63, 3.8) is 0 Å². The topological polar surface area (TPSA) is 34.1 Å². The fraction of sp³-hybridized carbons (Fsp3) is 0.500. The van der Waals surface area contributed by atoms with E-state index in [1.165, 1.54) is 0 Å². The fourth-order valence-electron chi connectivity index (χ4n) is 3.70. The molecule has 3 atom stereocenters. The van der Waals surface area contributed by atoms with Gasteiger partial charge < -0.3 is 0 Å². The van der Waals surface area contributed by atoms with Crippen LogP contribution >= 0.6 is 0 Å². The van der Waals surface area contributed by atoms with Crippen LogP contribution in [0.15, 0.2) is 30.3 Å². The molecule has 0 heterocycles. The average Bonchev–Trinajstić information content (AvgIpc) is 2.39. The number of carbonyl (C=O) groups is 2. The molecule has 0 N–H and O–H groups in total. The van der Waals surface area contributed by atoms with Gasteiger partial charge in [0.2, 0.25) is 0 Å². The van der Waals surface area contributed by atoms with Crippen molar-refractivity contribution in [3.05, 3.63) is 35.9 Å². The lowest BCUT2D eigenvalue weighted by molar-refractivity contribution is -0.133. The molecule has 94 valence electrons. The molecule has 18 heavy (non-hydrogen) atoms. The van der Waals surface area contributed by atoms with Gasteiger partial charge >= 0.3 is 0 Å². The van der Waals surface area contributed by atoms with E-state index in [0.717, 1.165) is 18.4 Å². The fourth-order valence-corrected chi connectivity index (χ4v) is 3.70. The van der Waals surface area contributed by atoms with Gasteiger partial charge in [-0.3, -0.25) is 9.59 Å². The summed E-state index contributed by atoms with van der Waals surface area (Å²) >= 11 is 0. The lowest BCUT2D eigenvalue weighted by atomic mass is 9.63. The Morgan fingerprint density at radius 1 is 1.00 bits per heavy atom. The summed E-state index contributed by atoms with van der Waals surface area (Å²) in [5.74, 6) is 1.24. The SMILES string of the molecule is O=C1C[C@@H]2CCCC(=O)[C@H]2[C@H](c2ccccc2)C1. The van der Waals surface area contributed by atoms with Crippen LogP contribution in [0.25, 0.3) is 0 Å². The van der Waals surface area contributed by atoms with Crippen LogP contribution in [0.1, 0.15) is 43.6 Å². The molecule has 1 aromatic carbocycles. The molecule has 0 radical (unpaired) electrons. The second-order valence-corrected chi connectivity index (χ2v) is 5.61. The smallest absolute Gasteiger partial charge is 0.136 e. The van der Waals surface area contributed by atoms with E-state index in [4.69, 9.17) is 0 Å². The number of fused-ring (bicyclic) bond motifs is 1. The van der Waals surface area contributed by atoms with E-state index in [9.17, 15) is 9.59 Å². The van der Waals surface area contributed by atoms with Crippen LogP contribution in [0.3, 0.4) is 0 Å². The predicted octanol–water partition coefficient (Wildman–Crippen LogP) is 3.12. The van der Waals surface area contributed by atoms with Crippen molar-refractivity contribution in [1.29, 1.82) is 0 Å². The first-order valence-corrected chi connectivity index (χ1v) is 6.85. The van der Waals surface area contributed by atoms with Crippen LogP contribution in [-0.4, -0.2) is 11.6 Å². The maximum Gasteiger partial charge on any atom is 0.136 e. The van der Waals surface area contributed by atoms with Crippen molar-refractivity contribution in [2.75, 3.05) is 0 Å². The Bertz CT molecular complexity index is 463. The Labute approximate surface area is 107 Å². The van der Waals surface area contributed by atoms with Crippen LogP contribution in [0.4, 0.5) is 0 Å². The van der Waals surface area contributed by atoms with E-state index in [2.05, 4.69) is 12.1 Å². The molecule has 2 aliphatic rings. The highest BCUT2D eigenvalue weighted by Crippen LogP contribution is 2.45. The van der Waals surface area contributed by atoms with Crippen LogP contribution in [0.2, 0.25) is 0 Å². The molecule has 2 saturated carbocycles. The zero-order chi connectivity index (χ0) is 12.5. The molecule has 1 aromatic rings. The largest absolute Gasteiger partial charge is 0.300 e. The highest BCUT2D eigenvalue weighted by atomic mass is 16.1. The van der Waals surface area contributed by atoms with Gasteiger partial charge in [0.1, 0.15) is 11.6 Å². The second kappa shape index (κ2) is 4.68. The summed E-state index contributed by atoms with van der Waals surface area (Å²) in [5, 5.41) is 0. The molecule has 2 nitrogen and oxygen atoms in total. The Kier molecular flexibility index (Phi) is 3.02. The zero-order valence-electron chi connectivity index (χ0n) is 10.5. The van der Waals surface area contributed by atoms with Crippen molar-refractivity contribution in [2.24, 2.45) is 11.8 Å². The Hall–Kier alpha value is -1.44. The van der Waals surface area contributed by atoms with Gasteiger partial charge in [0.05, 0.1) is 0 Å². The van der Waals surface area contributed by atoms with Gasteiger partial charge in [0.25, 0.3) is 0 Å². The van der Waals surface area contributed by atoms with Gasteiger partial charge in [0, 0.05) is 31.1 Å². The molecular weight excluding hydrogens is 224 g/mol. The number of carbonyl (C=O) groups excluding carboxylic acids is 2. The van der Waals surface area contributed by atoms with E-state index >= 15 is 0 Å². The summed E-state index contributed by atoms with van der Waals surface area (Å²) < 4.78 is 0. The van der Waals surface area contributed by atoms with Gasteiger partial charge in [-0.15, -0.1) is 0 Å². The zero-order valence-corrected chi connectivity index (χ0v) is 10.5. The van der Waals surface area contributed by atoms with E-state index in [1.54, 1.807) is 0 Å². The number of hydrogen-bond acceptors (Lipinski definition) is 2. The molecule has 2 aliphatic carbocycles. The third kappa shape index (κ3) is 2.00. The molecule has 0 saturated heterocycles. The normalized spacial score (nSPS) is 32.1. The third-order valence-corrected chi connectivity index (χ3v) is 4.48. The number of benzene rings is 1. The molecule has 2 fully saturated rings. The van der Waals surface area contributed by atoms with Gasteiger partial charge in [-0.1, -0.05) is 30.3 Å². The lowest BCUT2D eigenvalue weighted by Crippen LogP contribution is -2.39. The van der Waals surface area contributed by atoms with Crippen molar-refractivity contribution in [3.8, 4) is 0 Å². The summed E-state index contributed by atoms with van der Waals surface area (Å²) in [6, 6.07) is 10.1. The summed E-state index contributed by atoms with van der Waals surface area (Å²) in [6.45, 7) is 0. The Morgan fingerprint density at radius 2 is 1.78 bits per heavy atom. The third-order valence-electron chi connectivity index (χ3n) is 4.48. The second-order valence-electron chi connectivity index (χ2n) is 5.61. The number of ketones is 2. The summed E-state index contributed by atoms with van der Waals surface area (Å²) in [4.78, 5) is 24.1. The van der Waals surface area contributed by atoms with E-state index in [0.29, 0.717) is 36.7 Å². The molecule has 0 aromatic heterocycles. The Balaban J connectivity index is 1.95. The van der Waals surface area contributed by atoms with Crippen molar-refractivity contribution in [2.45, 2.75) is 38.0 Å². The van der Waals surface area contributed by atoms with Crippen molar-refractivity contribution < 1.29 is 9.59 Å². The molecule has 3 rings (SSSR count). The van der Waals surface area contributed by atoms with Crippen molar-refractivity contribution >= 4 is 11.6 Å². The van der Waals surface area contributed by atoms with Gasteiger partial charge in [0.15, 0.2) is 0 Å². The number of rotatable bonds is 1. The minimum atomic E-state index is 0.0962. The van der Waals surface area contributed by atoms with Crippen LogP contribution in [0.5, 0.6) is 0 Å². The number of hydrogen-bond donors (Lipinski definition) is 0. The average molecular weight is 242 g/mol. The standard InChI is InChI=1S/C16H18O2/c17-13-9-12-7-4-8-15(18)16(12)14(10-13)11-5-2-1-3-6-11/h1-3,5-6,12,14,16H,4,7-10H2/t12-,14-,16+/m0/s1. The molecule has 0 aliphatic heterocycles. The number of Topliss-reactive ketones (excluding diaryl/α,β-unsaturated/α-hetero) is 2. The van der Waals surface area contributed by atoms with Crippen LogP contribution in [-0.2, 0) is 9.59 Å². The monoisotopic (exact) mass is 242 g/mol. The van der Waals surface area contributed by atoms with E-state index in [1.807, 2.05) is 18.2 Å². The lowest BCUT2D eigenvalue weighted by Gasteiger charge is -2.39. The van der Waals surface area contributed by atoms with Crippen molar-refractivity contribution in [1.82, 2.24) is 0 Å². The summed E-state index contributed by atoms with van der Waals surface area (Å²) in [5.41, 5.74) is 1.16. The van der Waals surface area contributed by atoms with Gasteiger partial charge in [-0.05, 0) is 24.3 Å². The molecular formula is C16H18O2. The molecule has 0 bridgehead atoms. The minimum Gasteiger partial charge on any atom is -0.300 e. The summed E-state index contributed by atoms with van der Waals surface area (Å²) in [7, 11) is 0. The molecule has 0 spiro atoms.